The van der Waals surface area contributed by atoms with Crippen LogP contribution in [-0.2, 0) is 4.79 Å². The van der Waals surface area contributed by atoms with E-state index >= 15 is 0 Å². The summed E-state index contributed by atoms with van der Waals surface area (Å²) >= 11 is 0. The number of rotatable bonds is 1. The lowest BCUT2D eigenvalue weighted by Gasteiger charge is -1.71. The van der Waals surface area contributed by atoms with E-state index in [0.29, 0.717) is 0 Å². The highest BCUT2D eigenvalue weighted by molar-refractivity contribution is 5.66. The third-order valence-electron chi connectivity index (χ3n) is 0.302. The fraction of sp³-hybridized carbons (Fsp3) is 0.667. The molecule has 0 fully saturated rings. The van der Waals surface area contributed by atoms with Crippen molar-refractivity contribution in [2.24, 2.45) is 0 Å². The zero-order chi connectivity index (χ0) is 4.28. The van der Waals surface area contributed by atoms with Gasteiger partial charge in [0, 0.05) is 6.42 Å². The molecule has 0 spiro atoms. The Balaban J connectivity index is 2.85. The van der Waals surface area contributed by atoms with Crippen LogP contribution in [0.4, 0.5) is 0 Å². The summed E-state index contributed by atoms with van der Waals surface area (Å²) in [7, 11) is 0. The Kier molecular flexibility index (Phi) is 1.57. The summed E-state index contributed by atoms with van der Waals surface area (Å²) < 4.78 is 0. The minimum atomic E-state index is -0.745. The van der Waals surface area contributed by atoms with E-state index < -0.39 is 5.97 Å². The zero-order valence-corrected chi connectivity index (χ0v) is 3.06. The molecule has 0 saturated heterocycles. The Labute approximate surface area is 30.4 Å². The van der Waals surface area contributed by atoms with Gasteiger partial charge in [-0.15, -0.1) is 0 Å². The van der Waals surface area contributed by atoms with Gasteiger partial charge in [-0.25, -0.2) is 0 Å². The Morgan fingerprint density at radius 2 is 2.20 bits per heavy atom. The number of carboxylic acid groups (broad SMARTS) is 1. The van der Waals surface area contributed by atoms with Crippen molar-refractivity contribution < 1.29 is 9.90 Å². The molecular formula is C3H6O2. The molecule has 5 heavy (non-hydrogen) atoms. The van der Waals surface area contributed by atoms with Gasteiger partial charge in [-0.2, -0.15) is 0 Å². The summed E-state index contributed by atoms with van der Waals surface area (Å²) in [6.07, 6.45) is 0.222. The number of carboxylic acids is 1. The maximum Gasteiger partial charge on any atom is 0.303 e. The third-order valence-corrected chi connectivity index (χ3v) is 0.302. The zero-order valence-electron chi connectivity index (χ0n) is 3.06. The largest absolute Gasteiger partial charge is 0.481 e. The maximum atomic E-state index is 9.37. The first-order valence-corrected chi connectivity index (χ1v) is 1.49. The van der Waals surface area contributed by atoms with Crippen LogP contribution in [0.2, 0.25) is 0 Å². The molecule has 0 aliphatic heterocycles. The first kappa shape index (κ1) is 4.47. The lowest BCUT2D eigenvalue weighted by molar-refractivity contribution is -0.136. The quantitative estimate of drug-likeness (QED) is 0.490. The molecule has 0 saturated carbocycles. The van der Waals surface area contributed by atoms with Crippen molar-refractivity contribution in [3.63, 3.8) is 0 Å². The van der Waals surface area contributed by atoms with Gasteiger partial charge in [0.1, 0.15) is 0 Å². The molecule has 30 valence electrons. The molecule has 0 aromatic rings. The van der Waals surface area contributed by atoms with Crippen molar-refractivity contribution in [1.29, 1.82) is 0 Å². The Hall–Kier alpha value is -0.530. The standard InChI is InChI=1S/C3H6O2/c1-2-3(4)5/h2H2,1H3,(H,4,5)/i3-1. The van der Waals surface area contributed by atoms with Crippen LogP contribution >= 0.6 is 0 Å². The molecule has 0 heterocycles. The molecular weight excluding hydrogens is 67.0 g/mol. The molecule has 0 radical (unpaired) electrons. The van der Waals surface area contributed by atoms with E-state index in [-0.39, 0.29) is 6.42 Å². The van der Waals surface area contributed by atoms with Gasteiger partial charge in [-0.1, -0.05) is 6.92 Å². The van der Waals surface area contributed by atoms with E-state index in [4.69, 9.17) is 5.11 Å². The molecule has 0 rings (SSSR count). The minimum absolute atomic E-state index is 0.222. The average molecular weight is 73.1 g/mol. The molecule has 0 aromatic carbocycles. The van der Waals surface area contributed by atoms with Crippen molar-refractivity contribution in [2.75, 3.05) is 0 Å². The Morgan fingerprint density at radius 1 is 2.00 bits per heavy atom. The molecule has 0 aliphatic rings. The average Bonchev–Trinajstić information content (AvgIpc) is 1.38. The van der Waals surface area contributed by atoms with Crippen LogP contribution in [-0.4, -0.2) is 11.1 Å². The topological polar surface area (TPSA) is 37.3 Å². The second kappa shape index (κ2) is 1.76. The van der Waals surface area contributed by atoms with Crippen LogP contribution in [0, 0.1) is 0 Å². The van der Waals surface area contributed by atoms with Crippen LogP contribution in [0.25, 0.3) is 0 Å². The Bertz CT molecular complexity index is 40.2. The predicted octanol–water partition coefficient (Wildman–Crippen LogP) is 0.481. The van der Waals surface area contributed by atoms with Crippen LogP contribution in [0.1, 0.15) is 13.3 Å². The number of carbonyl (C=O) groups is 1. The van der Waals surface area contributed by atoms with E-state index in [1.165, 1.54) is 0 Å². The fourth-order valence-corrected chi connectivity index (χ4v) is 0. The highest BCUT2D eigenvalue weighted by atomic mass is 16.3. The molecule has 0 aliphatic carbocycles. The molecule has 0 bridgehead atoms. The normalized spacial score (nSPS) is 7.40. The Morgan fingerprint density at radius 3 is 2.20 bits per heavy atom. The summed E-state index contributed by atoms with van der Waals surface area (Å²) in [5.41, 5.74) is 0. The molecule has 0 unspecified atom stereocenters. The molecule has 1 N–H and O–H groups in total. The van der Waals surface area contributed by atoms with Crippen molar-refractivity contribution in [2.45, 2.75) is 13.3 Å². The second-order valence-corrected chi connectivity index (χ2v) is 0.747. The number of hydrogen-bond acceptors (Lipinski definition) is 1. The van der Waals surface area contributed by atoms with Crippen LogP contribution in [0.15, 0.2) is 0 Å². The van der Waals surface area contributed by atoms with Gasteiger partial charge >= 0.3 is 5.97 Å². The summed E-state index contributed by atoms with van der Waals surface area (Å²) in [6, 6.07) is 0. The summed E-state index contributed by atoms with van der Waals surface area (Å²) in [4.78, 5) is 9.37. The smallest absolute Gasteiger partial charge is 0.303 e. The summed E-state index contributed by atoms with van der Waals surface area (Å²) in [5, 5.41) is 7.72. The highest BCUT2D eigenvalue weighted by Gasteiger charge is 1.80. The van der Waals surface area contributed by atoms with Gasteiger partial charge in [0.15, 0.2) is 0 Å². The lowest BCUT2D eigenvalue weighted by atomic mass is 10.1. The van der Waals surface area contributed by atoms with E-state index in [1.807, 2.05) is 0 Å². The maximum absolute atomic E-state index is 9.37. The van der Waals surface area contributed by atoms with Gasteiger partial charge in [-0.05, 0) is 0 Å². The molecule has 2 nitrogen and oxygen atoms in total. The lowest BCUT2D eigenvalue weighted by Crippen LogP contribution is -1.86. The highest BCUT2D eigenvalue weighted by Crippen LogP contribution is 1.67. The van der Waals surface area contributed by atoms with Gasteiger partial charge in [-0.3, -0.25) is 4.79 Å². The van der Waals surface area contributed by atoms with E-state index in [0.717, 1.165) is 0 Å². The van der Waals surface area contributed by atoms with Gasteiger partial charge < -0.3 is 5.11 Å². The van der Waals surface area contributed by atoms with E-state index in [2.05, 4.69) is 0 Å². The van der Waals surface area contributed by atoms with E-state index in [9.17, 15) is 4.79 Å². The predicted molar refractivity (Wildman–Crippen MR) is 17.9 cm³/mol. The molecule has 2 heteroatoms. The van der Waals surface area contributed by atoms with E-state index in [1.54, 1.807) is 6.92 Å². The van der Waals surface area contributed by atoms with Crippen LogP contribution in [0.5, 0.6) is 0 Å². The summed E-state index contributed by atoms with van der Waals surface area (Å²) in [6.45, 7) is 1.60. The fourth-order valence-electron chi connectivity index (χ4n) is 0. The van der Waals surface area contributed by atoms with Crippen molar-refractivity contribution in [3.8, 4) is 0 Å². The minimum Gasteiger partial charge on any atom is -0.481 e. The van der Waals surface area contributed by atoms with Gasteiger partial charge in [0.25, 0.3) is 0 Å². The first-order chi connectivity index (χ1) is 2.27. The monoisotopic (exact) mass is 73.0 g/mol. The van der Waals surface area contributed by atoms with Crippen LogP contribution < -0.4 is 0 Å². The molecule has 0 aromatic heterocycles. The molecule has 0 amide bonds. The first-order valence-electron chi connectivity index (χ1n) is 1.49. The number of hydrogen-bond donors (Lipinski definition) is 1. The van der Waals surface area contributed by atoms with Crippen molar-refractivity contribution in [3.05, 3.63) is 0 Å². The van der Waals surface area contributed by atoms with Gasteiger partial charge in [0.05, 0.1) is 0 Å². The van der Waals surface area contributed by atoms with Crippen molar-refractivity contribution in [1.82, 2.24) is 0 Å². The SMILES string of the molecule is CC[11C](=O)O. The third kappa shape index (κ3) is 3.47. The van der Waals surface area contributed by atoms with Crippen molar-refractivity contribution >= 4 is 5.97 Å². The number of aliphatic carboxylic acids is 1. The van der Waals surface area contributed by atoms with Crippen LogP contribution in [0.3, 0.4) is 0 Å². The second-order valence-electron chi connectivity index (χ2n) is 0.747. The molecule has 0 atom stereocenters. The van der Waals surface area contributed by atoms with Gasteiger partial charge in [0.2, 0.25) is 0 Å². The summed E-state index contributed by atoms with van der Waals surface area (Å²) in [5.74, 6) is -0.745.